The lowest BCUT2D eigenvalue weighted by Crippen LogP contribution is -2.23. The number of rotatable bonds is 29. The number of hydrogen-bond acceptors (Lipinski definition) is 5. The monoisotopic (exact) mass is 544 g/mol. The summed E-state index contributed by atoms with van der Waals surface area (Å²) >= 11 is 0. The van der Waals surface area contributed by atoms with Gasteiger partial charge in [0.2, 0.25) is 0 Å². The van der Waals surface area contributed by atoms with E-state index in [0.717, 1.165) is 71.0 Å². The van der Waals surface area contributed by atoms with Gasteiger partial charge in [0.15, 0.2) is 0 Å². The SMILES string of the molecule is NCCNCCCCCCCCCCCCCCCCCC(=O)O.O=C(O)CCCCCCCCC(=O)O. The molecule has 0 atom stereocenters. The number of aliphatic carboxylic acids is 3. The van der Waals surface area contributed by atoms with Gasteiger partial charge in [-0.05, 0) is 32.2 Å². The first-order chi connectivity index (χ1) is 18.4. The topological polar surface area (TPSA) is 150 Å². The Morgan fingerprint density at radius 2 is 0.632 bits per heavy atom. The fraction of sp³-hybridized carbons (Fsp3) is 0.900. The molecule has 0 saturated heterocycles. The summed E-state index contributed by atoms with van der Waals surface area (Å²) in [6, 6.07) is 0. The molecule has 8 nitrogen and oxygen atoms in total. The Morgan fingerprint density at radius 1 is 0.395 bits per heavy atom. The van der Waals surface area contributed by atoms with E-state index in [1.807, 2.05) is 0 Å². The number of hydrogen-bond donors (Lipinski definition) is 5. The van der Waals surface area contributed by atoms with E-state index in [1.165, 1.54) is 83.5 Å². The highest BCUT2D eigenvalue weighted by Gasteiger charge is 1.99. The number of carboxylic acids is 3. The van der Waals surface area contributed by atoms with E-state index in [0.29, 0.717) is 6.42 Å². The van der Waals surface area contributed by atoms with Crippen molar-refractivity contribution in [2.24, 2.45) is 5.73 Å². The molecular formula is C30H60N2O6. The zero-order valence-electron chi connectivity index (χ0n) is 24.2. The summed E-state index contributed by atoms with van der Waals surface area (Å²) < 4.78 is 0. The Labute approximate surface area is 232 Å². The van der Waals surface area contributed by atoms with E-state index in [4.69, 9.17) is 21.1 Å². The number of unbranched alkanes of at least 4 members (excludes halogenated alkanes) is 19. The summed E-state index contributed by atoms with van der Waals surface area (Å²) in [5.74, 6) is -2.14. The Morgan fingerprint density at radius 3 is 0.868 bits per heavy atom. The van der Waals surface area contributed by atoms with Gasteiger partial charge in [-0.2, -0.15) is 0 Å². The van der Waals surface area contributed by atoms with E-state index in [1.54, 1.807) is 0 Å². The van der Waals surface area contributed by atoms with Crippen molar-refractivity contribution in [1.82, 2.24) is 5.32 Å². The van der Waals surface area contributed by atoms with Gasteiger partial charge in [0.05, 0.1) is 0 Å². The van der Waals surface area contributed by atoms with Crippen molar-refractivity contribution < 1.29 is 29.7 Å². The molecule has 0 heterocycles. The molecule has 0 spiro atoms. The molecule has 0 radical (unpaired) electrons. The van der Waals surface area contributed by atoms with Crippen LogP contribution in [-0.4, -0.2) is 52.9 Å². The van der Waals surface area contributed by atoms with Crippen molar-refractivity contribution >= 4 is 17.9 Å². The van der Waals surface area contributed by atoms with Crippen LogP contribution in [0.15, 0.2) is 0 Å². The highest BCUT2D eigenvalue weighted by Crippen LogP contribution is 2.13. The van der Waals surface area contributed by atoms with Crippen molar-refractivity contribution in [3.63, 3.8) is 0 Å². The van der Waals surface area contributed by atoms with E-state index in [9.17, 15) is 14.4 Å². The average molecular weight is 545 g/mol. The van der Waals surface area contributed by atoms with Crippen LogP contribution in [0.25, 0.3) is 0 Å². The number of nitrogens with two attached hydrogens (primary N) is 1. The van der Waals surface area contributed by atoms with Gasteiger partial charge in [0.1, 0.15) is 0 Å². The van der Waals surface area contributed by atoms with Crippen molar-refractivity contribution in [1.29, 1.82) is 0 Å². The fourth-order valence-electron chi connectivity index (χ4n) is 4.31. The minimum absolute atomic E-state index is 0.245. The molecule has 0 bridgehead atoms. The Hall–Kier alpha value is -1.67. The molecule has 0 aromatic rings. The van der Waals surface area contributed by atoms with Gasteiger partial charge in [0, 0.05) is 32.4 Å². The van der Waals surface area contributed by atoms with Crippen molar-refractivity contribution in [2.75, 3.05) is 19.6 Å². The van der Waals surface area contributed by atoms with E-state index < -0.39 is 17.9 Å². The predicted octanol–water partition coefficient (Wildman–Crippen LogP) is 7.14. The highest BCUT2D eigenvalue weighted by molar-refractivity contribution is 5.67. The maximum atomic E-state index is 10.4. The molecule has 0 fully saturated rings. The van der Waals surface area contributed by atoms with Crippen LogP contribution in [0.3, 0.4) is 0 Å². The zero-order valence-corrected chi connectivity index (χ0v) is 24.2. The summed E-state index contributed by atoms with van der Waals surface area (Å²) in [6.07, 6.45) is 25.6. The minimum atomic E-state index is -0.740. The molecule has 0 saturated carbocycles. The molecule has 8 heteroatoms. The van der Waals surface area contributed by atoms with Crippen LogP contribution in [0.1, 0.15) is 154 Å². The average Bonchev–Trinajstić information content (AvgIpc) is 2.87. The summed E-state index contributed by atoms with van der Waals surface area (Å²) in [7, 11) is 0. The lowest BCUT2D eigenvalue weighted by atomic mass is 10.0. The van der Waals surface area contributed by atoms with Gasteiger partial charge in [-0.1, -0.05) is 109 Å². The molecule has 0 aromatic heterocycles. The molecule has 0 aliphatic heterocycles. The lowest BCUT2D eigenvalue weighted by Gasteiger charge is -2.04. The van der Waals surface area contributed by atoms with E-state index in [2.05, 4.69) is 5.32 Å². The predicted molar refractivity (Wildman–Crippen MR) is 156 cm³/mol. The molecule has 0 aromatic carbocycles. The quantitative estimate of drug-likeness (QED) is 0.0624. The summed E-state index contributed by atoms with van der Waals surface area (Å²) in [4.78, 5) is 30.7. The van der Waals surface area contributed by atoms with E-state index >= 15 is 0 Å². The molecule has 226 valence electrons. The van der Waals surface area contributed by atoms with Gasteiger partial charge >= 0.3 is 17.9 Å². The van der Waals surface area contributed by atoms with Gasteiger partial charge in [0.25, 0.3) is 0 Å². The van der Waals surface area contributed by atoms with Crippen LogP contribution >= 0.6 is 0 Å². The third kappa shape index (κ3) is 41.5. The molecule has 0 aliphatic carbocycles. The van der Waals surface area contributed by atoms with Crippen LogP contribution < -0.4 is 11.1 Å². The maximum Gasteiger partial charge on any atom is 0.303 e. The summed E-state index contributed by atoms with van der Waals surface area (Å²) in [6.45, 7) is 2.81. The zero-order chi connectivity index (χ0) is 28.5. The second-order valence-electron chi connectivity index (χ2n) is 10.4. The largest absolute Gasteiger partial charge is 0.481 e. The third-order valence-electron chi connectivity index (χ3n) is 6.60. The standard InChI is InChI=1S/C20H42N2O2.C10H18O4/c21-17-19-22-18-15-13-11-9-7-5-3-1-2-4-6-8-10-12-14-16-20(23)24;11-9(12)7-5-3-1-2-4-6-8-10(13)14/h22H,1-19,21H2,(H,23,24);1-8H2,(H,11,12)(H,13,14). The molecule has 0 unspecified atom stereocenters. The molecule has 38 heavy (non-hydrogen) atoms. The van der Waals surface area contributed by atoms with Crippen molar-refractivity contribution in [3.05, 3.63) is 0 Å². The van der Waals surface area contributed by atoms with Crippen LogP contribution in [0.2, 0.25) is 0 Å². The van der Waals surface area contributed by atoms with Crippen molar-refractivity contribution in [3.8, 4) is 0 Å². The first-order valence-corrected chi connectivity index (χ1v) is 15.5. The van der Waals surface area contributed by atoms with Gasteiger partial charge in [-0.15, -0.1) is 0 Å². The number of carboxylic acid groups (broad SMARTS) is 3. The minimum Gasteiger partial charge on any atom is -0.481 e. The second kappa shape index (κ2) is 33.4. The van der Waals surface area contributed by atoms with Crippen LogP contribution in [0.4, 0.5) is 0 Å². The molecule has 0 rings (SSSR count). The van der Waals surface area contributed by atoms with E-state index in [-0.39, 0.29) is 12.8 Å². The van der Waals surface area contributed by atoms with Crippen LogP contribution in [0, 0.1) is 0 Å². The first-order valence-electron chi connectivity index (χ1n) is 15.5. The summed E-state index contributed by atoms with van der Waals surface area (Å²) in [5, 5.41) is 28.6. The number of nitrogens with one attached hydrogen (secondary N) is 1. The first kappa shape index (κ1) is 38.5. The van der Waals surface area contributed by atoms with Gasteiger partial charge in [-0.3, -0.25) is 14.4 Å². The lowest BCUT2D eigenvalue weighted by molar-refractivity contribution is -0.138. The normalized spacial score (nSPS) is 10.7. The molecule has 0 amide bonds. The van der Waals surface area contributed by atoms with Gasteiger partial charge < -0.3 is 26.4 Å². The molecule has 6 N–H and O–H groups in total. The van der Waals surface area contributed by atoms with Gasteiger partial charge in [-0.25, -0.2) is 0 Å². The smallest absolute Gasteiger partial charge is 0.303 e. The Balaban J connectivity index is 0. The third-order valence-corrected chi connectivity index (χ3v) is 6.60. The highest BCUT2D eigenvalue weighted by atomic mass is 16.4. The molecular weight excluding hydrogens is 484 g/mol. The fourth-order valence-corrected chi connectivity index (χ4v) is 4.31. The van der Waals surface area contributed by atoms with Crippen molar-refractivity contribution in [2.45, 2.75) is 154 Å². The maximum absolute atomic E-state index is 10.4. The van der Waals surface area contributed by atoms with Crippen LogP contribution in [-0.2, 0) is 14.4 Å². The molecule has 0 aliphatic rings. The number of carbonyl (C=O) groups is 3. The second-order valence-corrected chi connectivity index (χ2v) is 10.4. The Bertz CT molecular complexity index is 511. The Kier molecular flexibility index (Phi) is 33.8. The van der Waals surface area contributed by atoms with Crippen LogP contribution in [0.5, 0.6) is 0 Å². The summed E-state index contributed by atoms with van der Waals surface area (Å²) in [5.41, 5.74) is 5.43.